The average Bonchev–Trinajstić information content (AvgIpc) is 3.44. The minimum absolute atomic E-state index is 0.458. The van der Waals surface area contributed by atoms with Crippen LogP contribution in [0.4, 0.5) is 5.00 Å². The molecule has 0 aliphatic carbocycles. The molecule has 4 heterocycles. The summed E-state index contributed by atoms with van der Waals surface area (Å²) in [6.45, 7) is 10.6. The van der Waals surface area contributed by atoms with Crippen LogP contribution in [0.5, 0.6) is 0 Å². The Bertz CT molecular complexity index is 777. The Morgan fingerprint density at radius 3 is 2.83 bits per heavy atom. The highest BCUT2D eigenvalue weighted by Crippen LogP contribution is 2.26. The van der Waals surface area contributed by atoms with Crippen LogP contribution in [0.15, 0.2) is 34.0 Å². The van der Waals surface area contributed by atoms with Crippen molar-refractivity contribution in [1.82, 2.24) is 15.5 Å². The van der Waals surface area contributed by atoms with Crippen LogP contribution in [0.1, 0.15) is 37.1 Å². The molecule has 0 spiro atoms. The van der Waals surface area contributed by atoms with Gasteiger partial charge in [-0.3, -0.25) is 9.89 Å². The zero-order chi connectivity index (χ0) is 20.1. The summed E-state index contributed by atoms with van der Waals surface area (Å²) < 4.78 is 0. The van der Waals surface area contributed by atoms with Crippen LogP contribution < -0.4 is 15.5 Å². The predicted molar refractivity (Wildman–Crippen MR) is 127 cm³/mol. The van der Waals surface area contributed by atoms with Gasteiger partial charge in [0.25, 0.3) is 0 Å². The lowest BCUT2D eigenvalue weighted by Gasteiger charge is -2.34. The molecule has 1 saturated heterocycles. The summed E-state index contributed by atoms with van der Waals surface area (Å²) in [6, 6.07) is 7.62. The highest BCUT2D eigenvalue weighted by atomic mass is 32.1. The number of rotatable bonds is 6. The van der Waals surface area contributed by atoms with Crippen molar-refractivity contribution < 1.29 is 0 Å². The number of anilines is 1. The molecular weight excluding hydrogens is 398 g/mol. The minimum atomic E-state index is 0.458. The Morgan fingerprint density at radius 2 is 2.07 bits per heavy atom. The second-order valence-electron chi connectivity index (χ2n) is 8.02. The van der Waals surface area contributed by atoms with Crippen molar-refractivity contribution in [2.75, 3.05) is 37.6 Å². The number of hydrogen-bond acceptors (Lipinski definition) is 5. The van der Waals surface area contributed by atoms with Gasteiger partial charge in [0, 0.05) is 49.7 Å². The Labute approximate surface area is 182 Å². The number of nitrogens with zero attached hydrogens (tertiary/aromatic N) is 3. The van der Waals surface area contributed by atoms with E-state index in [1.165, 1.54) is 17.0 Å². The van der Waals surface area contributed by atoms with Gasteiger partial charge in [-0.15, -0.1) is 22.7 Å². The van der Waals surface area contributed by atoms with Crippen LogP contribution >= 0.6 is 22.7 Å². The molecule has 0 saturated carbocycles. The summed E-state index contributed by atoms with van der Waals surface area (Å²) in [5, 5.41) is 12.9. The van der Waals surface area contributed by atoms with E-state index in [0.717, 1.165) is 58.1 Å². The van der Waals surface area contributed by atoms with Crippen LogP contribution in [-0.2, 0) is 13.0 Å². The molecule has 2 N–H and O–H groups in total. The van der Waals surface area contributed by atoms with Crippen LogP contribution in [0.3, 0.4) is 0 Å². The van der Waals surface area contributed by atoms with E-state index in [-0.39, 0.29) is 0 Å². The van der Waals surface area contributed by atoms with Gasteiger partial charge in [-0.1, -0.05) is 0 Å². The number of thiophene rings is 2. The van der Waals surface area contributed by atoms with E-state index in [1.807, 2.05) is 22.7 Å². The maximum absolute atomic E-state index is 4.94. The first kappa shape index (κ1) is 20.7. The van der Waals surface area contributed by atoms with Crippen LogP contribution in [0.25, 0.3) is 0 Å². The zero-order valence-electron chi connectivity index (χ0n) is 17.6. The van der Waals surface area contributed by atoms with E-state index in [4.69, 9.17) is 4.99 Å². The topological polar surface area (TPSA) is 42.9 Å². The zero-order valence-corrected chi connectivity index (χ0v) is 19.2. The number of piperidine rings is 1. The normalized spacial score (nSPS) is 19.8. The first-order valence-electron chi connectivity index (χ1n) is 10.9. The summed E-state index contributed by atoms with van der Waals surface area (Å²) >= 11 is 3.74. The summed E-state index contributed by atoms with van der Waals surface area (Å²) in [7, 11) is 0. The van der Waals surface area contributed by atoms with Crippen molar-refractivity contribution in [3.63, 3.8) is 0 Å². The molecule has 7 heteroatoms. The average molecular weight is 432 g/mol. The second kappa shape index (κ2) is 9.96. The maximum Gasteiger partial charge on any atom is 0.191 e. The van der Waals surface area contributed by atoms with Crippen molar-refractivity contribution in [2.24, 2.45) is 4.99 Å². The van der Waals surface area contributed by atoms with Crippen LogP contribution in [0.2, 0.25) is 0 Å². The van der Waals surface area contributed by atoms with E-state index < -0.39 is 0 Å². The van der Waals surface area contributed by atoms with E-state index in [0.29, 0.717) is 12.1 Å². The van der Waals surface area contributed by atoms with Gasteiger partial charge in [0.1, 0.15) is 0 Å². The summed E-state index contributed by atoms with van der Waals surface area (Å²) in [6.07, 6.45) is 3.50. The molecule has 2 aromatic rings. The van der Waals surface area contributed by atoms with Crippen molar-refractivity contribution in [3.05, 3.63) is 39.4 Å². The molecule has 0 amide bonds. The molecule has 2 aliphatic heterocycles. The number of guanidine groups is 1. The van der Waals surface area contributed by atoms with Crippen molar-refractivity contribution in [2.45, 2.75) is 51.7 Å². The van der Waals surface area contributed by atoms with Crippen molar-refractivity contribution in [1.29, 1.82) is 0 Å². The largest absolute Gasteiger partial charge is 0.363 e. The standard InChI is InChI=1S/C22H33N5S2/c1-3-23-22(25-19-6-10-26(11-7-19)21-5-4-13-29-21)24-15-17(2)27-12-8-20-18(16-27)9-14-28-20/h4-5,9,13-14,17,19H,3,6-8,10-12,15-16H2,1-2H3,(H2,23,24,25). The SMILES string of the molecule is CCNC(=NCC(C)N1CCc2sccc2C1)NC1CCN(c2cccs2)CC1. The highest BCUT2D eigenvalue weighted by molar-refractivity contribution is 7.14. The molecule has 29 heavy (non-hydrogen) atoms. The van der Waals surface area contributed by atoms with Crippen LogP contribution in [0, 0.1) is 0 Å². The lowest BCUT2D eigenvalue weighted by molar-refractivity contribution is 0.197. The molecule has 1 atom stereocenters. The second-order valence-corrected chi connectivity index (χ2v) is 9.94. The predicted octanol–water partition coefficient (Wildman–Crippen LogP) is 3.78. The Balaban J connectivity index is 1.28. The molecule has 2 aromatic heterocycles. The quantitative estimate of drug-likeness (QED) is 0.540. The summed E-state index contributed by atoms with van der Waals surface area (Å²) in [5.41, 5.74) is 1.51. The number of fused-ring (bicyclic) bond motifs is 1. The first-order chi connectivity index (χ1) is 14.2. The summed E-state index contributed by atoms with van der Waals surface area (Å²) in [4.78, 5) is 11.6. The molecule has 0 radical (unpaired) electrons. The van der Waals surface area contributed by atoms with Gasteiger partial charge in [0.2, 0.25) is 0 Å². The Hall–Kier alpha value is -1.57. The molecule has 4 rings (SSSR count). The van der Waals surface area contributed by atoms with Crippen molar-refractivity contribution >= 4 is 33.6 Å². The third kappa shape index (κ3) is 5.32. The molecule has 5 nitrogen and oxygen atoms in total. The lowest BCUT2D eigenvalue weighted by Crippen LogP contribution is -2.49. The lowest BCUT2D eigenvalue weighted by atomic mass is 10.1. The number of aliphatic imine (C=N–C) groups is 1. The molecular formula is C22H33N5S2. The Kier molecular flexibility index (Phi) is 7.11. The molecule has 1 unspecified atom stereocenters. The maximum atomic E-state index is 4.94. The van der Waals surface area contributed by atoms with E-state index >= 15 is 0 Å². The van der Waals surface area contributed by atoms with Gasteiger partial charge in [0.15, 0.2) is 5.96 Å². The molecule has 0 bridgehead atoms. The van der Waals surface area contributed by atoms with E-state index in [2.05, 4.69) is 63.2 Å². The molecule has 2 aliphatic rings. The van der Waals surface area contributed by atoms with E-state index in [9.17, 15) is 0 Å². The summed E-state index contributed by atoms with van der Waals surface area (Å²) in [5.74, 6) is 0.974. The highest BCUT2D eigenvalue weighted by Gasteiger charge is 2.23. The fourth-order valence-corrected chi connectivity index (χ4v) is 5.87. The van der Waals surface area contributed by atoms with Crippen molar-refractivity contribution in [3.8, 4) is 0 Å². The van der Waals surface area contributed by atoms with Gasteiger partial charge in [0.05, 0.1) is 11.5 Å². The first-order valence-corrected chi connectivity index (χ1v) is 12.6. The molecule has 1 fully saturated rings. The molecule has 0 aromatic carbocycles. The van der Waals surface area contributed by atoms with Gasteiger partial charge in [-0.2, -0.15) is 0 Å². The Morgan fingerprint density at radius 1 is 1.21 bits per heavy atom. The number of nitrogens with one attached hydrogen (secondary N) is 2. The van der Waals surface area contributed by atoms with E-state index in [1.54, 1.807) is 4.88 Å². The third-order valence-electron chi connectivity index (χ3n) is 5.97. The van der Waals surface area contributed by atoms with Gasteiger partial charge < -0.3 is 15.5 Å². The minimum Gasteiger partial charge on any atom is -0.363 e. The van der Waals surface area contributed by atoms with Gasteiger partial charge >= 0.3 is 0 Å². The molecule has 158 valence electrons. The third-order valence-corrected chi connectivity index (χ3v) is 7.92. The number of hydrogen-bond donors (Lipinski definition) is 2. The fourth-order valence-electron chi connectivity index (χ4n) is 4.19. The fraction of sp³-hybridized carbons (Fsp3) is 0.591. The smallest absolute Gasteiger partial charge is 0.191 e. The monoisotopic (exact) mass is 431 g/mol. The van der Waals surface area contributed by atoms with Gasteiger partial charge in [-0.25, -0.2) is 0 Å². The van der Waals surface area contributed by atoms with Gasteiger partial charge in [-0.05, 0) is 67.6 Å². The van der Waals surface area contributed by atoms with Crippen LogP contribution in [-0.4, -0.2) is 55.7 Å².